The third kappa shape index (κ3) is 4.19. The first-order valence-corrected chi connectivity index (χ1v) is 10.3. The number of nitrogens with zero attached hydrogens (tertiary/aromatic N) is 2. The molecule has 0 saturated carbocycles. The van der Waals surface area contributed by atoms with Gasteiger partial charge in [0.25, 0.3) is 10.0 Å². The highest BCUT2D eigenvalue weighted by atomic mass is 32.2. The number of aromatic nitrogens is 1. The number of anilines is 1. The smallest absolute Gasteiger partial charge is 0.252 e. The van der Waals surface area contributed by atoms with E-state index in [2.05, 4.69) is 15.6 Å². The molecule has 7 nitrogen and oxygen atoms in total. The highest BCUT2D eigenvalue weighted by molar-refractivity contribution is 7.91. The van der Waals surface area contributed by atoms with Gasteiger partial charge in [0.15, 0.2) is 5.13 Å². The number of sulfonamides is 1. The molecule has 0 radical (unpaired) electrons. The Morgan fingerprint density at radius 3 is 2.67 bits per heavy atom. The average molecular weight is 389 g/mol. The van der Waals surface area contributed by atoms with E-state index in [1.807, 2.05) is 6.92 Å². The van der Waals surface area contributed by atoms with Crippen molar-refractivity contribution in [3.05, 3.63) is 17.8 Å². The summed E-state index contributed by atoms with van der Waals surface area (Å²) in [4.78, 5) is 17.1. The molecule has 2 aromatic heterocycles. The number of hydrogen-bond acceptors (Lipinski definition) is 7. The lowest BCUT2D eigenvalue weighted by atomic mass is 10.3. The van der Waals surface area contributed by atoms with E-state index in [4.69, 9.17) is 0 Å². The summed E-state index contributed by atoms with van der Waals surface area (Å²) in [6, 6.07) is 3.39. The Labute approximate surface area is 149 Å². The number of thiazole rings is 1. The van der Waals surface area contributed by atoms with Crippen LogP contribution in [0.3, 0.4) is 0 Å². The zero-order chi connectivity index (χ0) is 17.9. The molecule has 0 aliphatic heterocycles. The Balaban J connectivity index is 2.27. The predicted molar refractivity (Wildman–Crippen MR) is 98.2 cm³/mol. The lowest BCUT2D eigenvalue weighted by Crippen LogP contribution is -2.32. The summed E-state index contributed by atoms with van der Waals surface area (Å²) in [5.74, 6) is -0.184. The quantitative estimate of drug-likeness (QED) is 0.757. The molecule has 0 spiro atoms. The van der Waals surface area contributed by atoms with E-state index in [0.717, 1.165) is 15.4 Å². The van der Waals surface area contributed by atoms with Crippen molar-refractivity contribution in [1.82, 2.24) is 14.6 Å². The lowest BCUT2D eigenvalue weighted by Gasteiger charge is -2.15. The van der Waals surface area contributed by atoms with Gasteiger partial charge < -0.3 is 10.6 Å². The second-order valence-electron chi connectivity index (χ2n) is 5.16. The highest BCUT2D eigenvalue weighted by Gasteiger charge is 2.23. The molecular weight excluding hydrogens is 368 g/mol. The van der Waals surface area contributed by atoms with Crippen LogP contribution in [0.2, 0.25) is 0 Å². The van der Waals surface area contributed by atoms with E-state index in [1.54, 1.807) is 26.2 Å². The molecule has 0 aliphatic rings. The number of thiophene rings is 1. The molecule has 24 heavy (non-hydrogen) atoms. The summed E-state index contributed by atoms with van der Waals surface area (Å²) in [5, 5.41) is 6.10. The van der Waals surface area contributed by atoms with E-state index in [1.165, 1.54) is 33.9 Å². The largest absolute Gasteiger partial charge is 0.318 e. The number of likely N-dealkylation sites (N-methyl/N-ethyl adjacent to an activating group) is 2. The van der Waals surface area contributed by atoms with Gasteiger partial charge in [0, 0.05) is 31.9 Å². The molecule has 0 saturated heterocycles. The predicted octanol–water partition coefficient (Wildman–Crippen LogP) is 1.98. The van der Waals surface area contributed by atoms with Gasteiger partial charge in [-0.2, -0.15) is 4.31 Å². The van der Waals surface area contributed by atoms with Gasteiger partial charge in [-0.1, -0.05) is 11.3 Å². The van der Waals surface area contributed by atoms with Gasteiger partial charge in [-0.15, -0.1) is 11.3 Å². The van der Waals surface area contributed by atoms with Crippen molar-refractivity contribution in [3.63, 3.8) is 0 Å². The Morgan fingerprint density at radius 2 is 2.04 bits per heavy atom. The third-order valence-corrected chi connectivity index (χ3v) is 7.89. The minimum absolute atomic E-state index is 0.184. The Morgan fingerprint density at radius 1 is 1.33 bits per heavy atom. The molecule has 0 aromatic carbocycles. The molecule has 0 fully saturated rings. The van der Waals surface area contributed by atoms with Crippen LogP contribution >= 0.6 is 22.7 Å². The summed E-state index contributed by atoms with van der Waals surface area (Å²) in [6.07, 6.45) is 0. The average Bonchev–Trinajstić information content (AvgIpc) is 3.11. The summed E-state index contributed by atoms with van der Waals surface area (Å²) in [7, 11) is -0.148. The molecular formula is C14H20N4O3S3. The van der Waals surface area contributed by atoms with Crippen LogP contribution in [0.5, 0.6) is 0 Å². The van der Waals surface area contributed by atoms with Crippen molar-refractivity contribution in [2.75, 3.05) is 32.5 Å². The van der Waals surface area contributed by atoms with Crippen molar-refractivity contribution in [2.45, 2.75) is 18.1 Å². The number of carbonyl (C=O) groups excluding carboxylic acids is 1. The number of carbonyl (C=O) groups is 1. The van der Waals surface area contributed by atoms with Gasteiger partial charge in [0.1, 0.15) is 4.21 Å². The molecule has 2 N–H and O–H groups in total. The SMILES string of the molecule is CNCCN(C)S(=O)(=O)c1ccc(-c2sc(NC(C)=O)nc2C)s1. The van der Waals surface area contributed by atoms with Gasteiger partial charge in [0.05, 0.1) is 10.6 Å². The van der Waals surface area contributed by atoms with Crippen LogP contribution in [0.15, 0.2) is 16.3 Å². The van der Waals surface area contributed by atoms with Crippen LogP contribution in [-0.4, -0.2) is 50.8 Å². The first kappa shape index (κ1) is 19.0. The van der Waals surface area contributed by atoms with E-state index in [-0.39, 0.29) is 5.91 Å². The summed E-state index contributed by atoms with van der Waals surface area (Å²) in [6.45, 7) is 4.25. The molecule has 0 atom stereocenters. The van der Waals surface area contributed by atoms with Crippen molar-refractivity contribution in [3.8, 4) is 9.75 Å². The Hall–Kier alpha value is -1.33. The highest BCUT2D eigenvalue weighted by Crippen LogP contribution is 2.38. The van der Waals surface area contributed by atoms with Gasteiger partial charge in [-0.05, 0) is 26.1 Å². The number of nitrogens with one attached hydrogen (secondary N) is 2. The van der Waals surface area contributed by atoms with Crippen molar-refractivity contribution in [2.24, 2.45) is 0 Å². The number of aryl methyl sites for hydroxylation is 1. The summed E-state index contributed by atoms with van der Waals surface area (Å²) in [5.41, 5.74) is 0.762. The van der Waals surface area contributed by atoms with E-state index in [0.29, 0.717) is 22.4 Å². The molecule has 2 heterocycles. The molecule has 1 amide bonds. The van der Waals surface area contributed by atoms with Crippen molar-refractivity contribution < 1.29 is 13.2 Å². The van der Waals surface area contributed by atoms with Crippen LogP contribution in [-0.2, 0) is 14.8 Å². The van der Waals surface area contributed by atoms with Gasteiger partial charge in [-0.3, -0.25) is 4.79 Å². The Kier molecular flexibility index (Phi) is 6.10. The third-order valence-electron chi connectivity index (χ3n) is 3.23. The minimum atomic E-state index is -3.50. The zero-order valence-electron chi connectivity index (χ0n) is 13.9. The normalized spacial score (nSPS) is 11.9. The van der Waals surface area contributed by atoms with Crippen LogP contribution in [0.4, 0.5) is 5.13 Å². The zero-order valence-corrected chi connectivity index (χ0v) is 16.4. The maximum Gasteiger partial charge on any atom is 0.252 e. The molecule has 2 rings (SSSR count). The standard InChI is InChI=1S/C14H20N4O3S3/c1-9-13(23-14(16-9)17-10(2)19)11-5-6-12(22-11)24(20,21)18(4)8-7-15-3/h5-6,15H,7-8H2,1-4H3,(H,16,17,19). The van der Waals surface area contributed by atoms with Gasteiger partial charge in [0.2, 0.25) is 5.91 Å². The maximum atomic E-state index is 12.6. The van der Waals surface area contributed by atoms with Crippen molar-refractivity contribution >= 4 is 43.7 Å². The van der Waals surface area contributed by atoms with Crippen molar-refractivity contribution in [1.29, 1.82) is 0 Å². The van der Waals surface area contributed by atoms with Crippen LogP contribution in [0.1, 0.15) is 12.6 Å². The minimum Gasteiger partial charge on any atom is -0.318 e. The number of amides is 1. The molecule has 2 aromatic rings. The van der Waals surface area contributed by atoms with E-state index < -0.39 is 10.0 Å². The Bertz CT molecular complexity index is 826. The lowest BCUT2D eigenvalue weighted by molar-refractivity contribution is -0.114. The first-order chi connectivity index (χ1) is 11.3. The molecule has 10 heteroatoms. The fraction of sp³-hybridized carbons (Fsp3) is 0.429. The molecule has 0 bridgehead atoms. The molecule has 0 unspecified atom stereocenters. The topological polar surface area (TPSA) is 91.4 Å². The first-order valence-electron chi connectivity index (χ1n) is 7.22. The fourth-order valence-corrected chi connectivity index (χ4v) is 5.82. The van der Waals surface area contributed by atoms with E-state index in [9.17, 15) is 13.2 Å². The van der Waals surface area contributed by atoms with E-state index >= 15 is 0 Å². The number of rotatable bonds is 7. The van der Waals surface area contributed by atoms with Crippen LogP contribution in [0.25, 0.3) is 9.75 Å². The summed E-state index contributed by atoms with van der Waals surface area (Å²) < 4.78 is 26.7. The number of hydrogen-bond donors (Lipinski definition) is 2. The second kappa shape index (κ2) is 7.70. The van der Waals surface area contributed by atoms with Gasteiger partial charge in [-0.25, -0.2) is 13.4 Å². The second-order valence-corrected chi connectivity index (χ2v) is 9.52. The fourth-order valence-electron chi connectivity index (χ4n) is 1.95. The maximum absolute atomic E-state index is 12.6. The molecule has 0 aliphatic carbocycles. The molecule has 132 valence electrons. The van der Waals surface area contributed by atoms with Crippen LogP contribution in [0, 0.1) is 6.92 Å². The monoisotopic (exact) mass is 388 g/mol. The van der Waals surface area contributed by atoms with Gasteiger partial charge >= 0.3 is 0 Å². The summed E-state index contributed by atoms with van der Waals surface area (Å²) >= 11 is 2.54. The van der Waals surface area contributed by atoms with Crippen LogP contribution < -0.4 is 10.6 Å².